The highest BCUT2D eigenvalue weighted by Crippen LogP contribution is 2.29. The summed E-state index contributed by atoms with van der Waals surface area (Å²) < 4.78 is 37.3. The molecule has 0 aliphatic rings. The Hall–Kier alpha value is -3.29. The summed E-state index contributed by atoms with van der Waals surface area (Å²) in [5.41, 5.74) is 4.67. The van der Waals surface area contributed by atoms with E-state index in [1.54, 1.807) is 12.1 Å². The van der Waals surface area contributed by atoms with E-state index in [2.05, 4.69) is 43.1 Å². The molecule has 4 aromatic rings. The highest BCUT2D eigenvalue weighted by Gasteiger charge is 2.15. The molecule has 0 saturated heterocycles. The lowest BCUT2D eigenvalue weighted by molar-refractivity contribution is 0.483. The van der Waals surface area contributed by atoms with Crippen LogP contribution in [0, 0.1) is 0 Å². The van der Waals surface area contributed by atoms with E-state index in [1.165, 1.54) is 17.7 Å². The zero-order valence-electron chi connectivity index (χ0n) is 17.4. The van der Waals surface area contributed by atoms with Gasteiger partial charge in [-0.15, -0.1) is 10.2 Å². The van der Waals surface area contributed by atoms with Crippen LogP contribution in [0.15, 0.2) is 82.1 Å². The van der Waals surface area contributed by atoms with Crippen LogP contribution < -0.4 is 0 Å². The van der Waals surface area contributed by atoms with Gasteiger partial charge in [-0.1, -0.05) is 57.2 Å². The maximum Gasteiger partial charge on any atom is 0.294 e. The van der Waals surface area contributed by atoms with Crippen molar-refractivity contribution in [1.29, 1.82) is 0 Å². The number of benzene rings is 3. The molecule has 0 fully saturated rings. The molecule has 1 aromatic heterocycles. The van der Waals surface area contributed by atoms with Gasteiger partial charge in [0.05, 0.1) is 4.90 Å². The Kier molecular flexibility index (Phi) is 5.24. The summed E-state index contributed by atoms with van der Waals surface area (Å²) >= 11 is 0. The molecule has 31 heavy (non-hydrogen) atoms. The van der Waals surface area contributed by atoms with E-state index in [0.717, 1.165) is 22.3 Å². The molecule has 0 bridgehead atoms. The fraction of sp³-hybridized carbons (Fsp3) is 0.167. The molecule has 4 rings (SSSR count). The first kappa shape index (κ1) is 21.0. The molecule has 3 aromatic carbocycles. The zero-order chi connectivity index (χ0) is 22.2. The molecule has 1 N–H and O–H groups in total. The van der Waals surface area contributed by atoms with Crippen molar-refractivity contribution in [2.45, 2.75) is 31.1 Å². The van der Waals surface area contributed by atoms with Crippen LogP contribution in [-0.4, -0.2) is 23.2 Å². The van der Waals surface area contributed by atoms with Gasteiger partial charge >= 0.3 is 0 Å². The van der Waals surface area contributed by atoms with Gasteiger partial charge in [0.15, 0.2) is 0 Å². The quantitative estimate of drug-likeness (QED) is 0.419. The summed E-state index contributed by atoms with van der Waals surface area (Å²) in [6, 6.07) is 21.6. The zero-order valence-corrected chi connectivity index (χ0v) is 18.2. The topological polar surface area (TPSA) is 93.3 Å². The first-order valence-electron chi connectivity index (χ1n) is 9.74. The summed E-state index contributed by atoms with van der Waals surface area (Å²) in [5.74, 6) is 0.878. The van der Waals surface area contributed by atoms with Crippen molar-refractivity contribution < 1.29 is 17.4 Å². The molecular weight excluding hydrogens is 412 g/mol. The van der Waals surface area contributed by atoms with Crippen molar-refractivity contribution in [2.75, 3.05) is 0 Å². The van der Waals surface area contributed by atoms with E-state index in [0.29, 0.717) is 11.8 Å². The maximum absolute atomic E-state index is 11.2. The Morgan fingerprint density at radius 1 is 0.677 bits per heavy atom. The minimum Gasteiger partial charge on any atom is -0.416 e. The summed E-state index contributed by atoms with van der Waals surface area (Å²) in [6.07, 6.45) is 0. The number of rotatable bonds is 4. The van der Waals surface area contributed by atoms with Gasteiger partial charge in [0.1, 0.15) is 0 Å². The minimum absolute atomic E-state index is 0.0763. The molecule has 7 heteroatoms. The van der Waals surface area contributed by atoms with Crippen LogP contribution in [0.3, 0.4) is 0 Å². The number of aromatic nitrogens is 2. The Bertz CT molecular complexity index is 1300. The first-order valence-corrected chi connectivity index (χ1v) is 11.2. The highest BCUT2D eigenvalue weighted by molar-refractivity contribution is 7.85. The average Bonchev–Trinajstić information content (AvgIpc) is 3.23. The normalized spacial score (nSPS) is 12.1. The van der Waals surface area contributed by atoms with Crippen molar-refractivity contribution in [2.24, 2.45) is 0 Å². The van der Waals surface area contributed by atoms with E-state index in [9.17, 15) is 8.42 Å². The van der Waals surface area contributed by atoms with Crippen LogP contribution in [0.5, 0.6) is 0 Å². The first-order chi connectivity index (χ1) is 14.6. The maximum atomic E-state index is 11.2. The summed E-state index contributed by atoms with van der Waals surface area (Å²) in [6.45, 7) is 6.50. The third-order valence-corrected chi connectivity index (χ3v) is 5.91. The molecule has 6 nitrogen and oxygen atoms in total. The third-order valence-electron chi connectivity index (χ3n) is 5.04. The SMILES string of the molecule is CC(C)(C)c1ccc(-c2nnc(-c3ccc(-c4ccc(S(=O)(=O)O)cc4)cc3)o2)cc1. The van der Waals surface area contributed by atoms with Crippen molar-refractivity contribution in [3.8, 4) is 34.0 Å². The predicted molar refractivity (Wildman–Crippen MR) is 119 cm³/mol. The molecule has 0 spiro atoms. The Labute approximate surface area is 181 Å². The van der Waals surface area contributed by atoms with Crippen LogP contribution in [0.2, 0.25) is 0 Å². The molecule has 158 valence electrons. The highest BCUT2D eigenvalue weighted by atomic mass is 32.2. The third kappa shape index (κ3) is 4.57. The molecule has 0 amide bonds. The van der Waals surface area contributed by atoms with Gasteiger partial charge in [-0.2, -0.15) is 8.42 Å². The number of hydrogen-bond acceptors (Lipinski definition) is 5. The number of hydrogen-bond donors (Lipinski definition) is 1. The van der Waals surface area contributed by atoms with Crippen molar-refractivity contribution in [3.05, 3.63) is 78.4 Å². The monoisotopic (exact) mass is 434 g/mol. The smallest absolute Gasteiger partial charge is 0.294 e. The minimum atomic E-state index is -4.20. The number of nitrogens with zero attached hydrogens (tertiary/aromatic N) is 2. The van der Waals surface area contributed by atoms with Gasteiger partial charge in [0.25, 0.3) is 10.1 Å². The van der Waals surface area contributed by atoms with E-state index in [1.807, 2.05) is 36.4 Å². The van der Waals surface area contributed by atoms with Gasteiger partial charge in [0.2, 0.25) is 11.8 Å². The second kappa shape index (κ2) is 7.76. The van der Waals surface area contributed by atoms with Gasteiger partial charge in [-0.25, -0.2) is 0 Å². The van der Waals surface area contributed by atoms with Crippen molar-refractivity contribution >= 4 is 10.1 Å². The largest absolute Gasteiger partial charge is 0.416 e. The van der Waals surface area contributed by atoms with Crippen LogP contribution >= 0.6 is 0 Å². The molecule has 0 saturated carbocycles. The van der Waals surface area contributed by atoms with Crippen molar-refractivity contribution in [1.82, 2.24) is 10.2 Å². The average molecular weight is 435 g/mol. The molecular formula is C24H22N2O4S. The van der Waals surface area contributed by atoms with Crippen LogP contribution in [0.4, 0.5) is 0 Å². The van der Waals surface area contributed by atoms with Crippen molar-refractivity contribution in [3.63, 3.8) is 0 Å². The molecule has 0 unspecified atom stereocenters. The van der Waals surface area contributed by atoms with Gasteiger partial charge in [-0.05, 0) is 58.5 Å². The van der Waals surface area contributed by atoms with E-state index >= 15 is 0 Å². The predicted octanol–water partition coefficient (Wildman–Crippen LogP) is 5.61. The van der Waals surface area contributed by atoms with E-state index < -0.39 is 10.1 Å². The molecule has 1 heterocycles. The van der Waals surface area contributed by atoms with Crippen LogP contribution in [0.1, 0.15) is 26.3 Å². The van der Waals surface area contributed by atoms with Crippen LogP contribution in [-0.2, 0) is 15.5 Å². The van der Waals surface area contributed by atoms with Gasteiger partial charge in [0, 0.05) is 11.1 Å². The Morgan fingerprint density at radius 3 is 1.48 bits per heavy atom. The van der Waals surface area contributed by atoms with E-state index in [4.69, 9.17) is 8.97 Å². The van der Waals surface area contributed by atoms with Gasteiger partial charge in [-0.3, -0.25) is 4.55 Å². The summed E-state index contributed by atoms with van der Waals surface area (Å²) in [5, 5.41) is 8.33. The molecule has 0 aliphatic heterocycles. The fourth-order valence-electron chi connectivity index (χ4n) is 3.19. The molecule has 0 aliphatic carbocycles. The lowest BCUT2D eigenvalue weighted by Crippen LogP contribution is -2.10. The molecule has 0 atom stereocenters. The lowest BCUT2D eigenvalue weighted by Gasteiger charge is -2.18. The summed E-state index contributed by atoms with van der Waals surface area (Å²) in [4.78, 5) is -0.137. The van der Waals surface area contributed by atoms with E-state index in [-0.39, 0.29) is 10.3 Å². The summed E-state index contributed by atoms with van der Waals surface area (Å²) in [7, 11) is -4.20. The second-order valence-electron chi connectivity index (χ2n) is 8.32. The second-order valence-corrected chi connectivity index (χ2v) is 9.74. The molecule has 0 radical (unpaired) electrons. The standard InChI is InChI=1S/C24H22N2O4S/c1-24(2,3)20-12-8-19(9-13-20)23-26-25-22(30-23)18-6-4-16(5-7-18)17-10-14-21(15-11-17)31(27,28)29/h4-15H,1-3H3,(H,27,28,29). The lowest BCUT2D eigenvalue weighted by atomic mass is 9.87. The van der Waals surface area contributed by atoms with Gasteiger partial charge < -0.3 is 4.42 Å². The Balaban J connectivity index is 1.54. The Morgan fingerprint density at radius 2 is 1.06 bits per heavy atom. The fourth-order valence-corrected chi connectivity index (χ4v) is 3.67. The van der Waals surface area contributed by atoms with Crippen LogP contribution in [0.25, 0.3) is 34.0 Å².